The maximum absolute atomic E-state index is 13.6. The van der Waals surface area contributed by atoms with Crippen molar-refractivity contribution in [2.75, 3.05) is 18.3 Å². The number of fused-ring (bicyclic) bond motifs is 1. The highest BCUT2D eigenvalue weighted by Gasteiger charge is 2.47. The van der Waals surface area contributed by atoms with E-state index in [1.54, 1.807) is 30.3 Å². The van der Waals surface area contributed by atoms with E-state index in [4.69, 9.17) is 14.2 Å². The maximum Gasteiger partial charge on any atom is 0.300 e. The summed E-state index contributed by atoms with van der Waals surface area (Å²) >= 11 is 0. The van der Waals surface area contributed by atoms with Gasteiger partial charge in [0.15, 0.2) is 11.5 Å². The molecule has 1 unspecified atom stereocenters. The van der Waals surface area contributed by atoms with E-state index in [-0.39, 0.29) is 23.5 Å². The van der Waals surface area contributed by atoms with Crippen molar-refractivity contribution in [2.24, 2.45) is 0 Å². The zero-order chi connectivity index (χ0) is 27.2. The Kier molecular flexibility index (Phi) is 6.39. The first-order valence-electron chi connectivity index (χ1n) is 12.6. The van der Waals surface area contributed by atoms with E-state index in [1.165, 1.54) is 4.90 Å². The fourth-order valence-corrected chi connectivity index (χ4v) is 4.85. The van der Waals surface area contributed by atoms with E-state index < -0.39 is 17.7 Å². The average Bonchev–Trinajstić information content (AvgIpc) is 3.46. The Balaban J connectivity index is 1.71. The number of rotatable bonds is 5. The molecule has 0 aliphatic carbocycles. The van der Waals surface area contributed by atoms with Gasteiger partial charge in [0.2, 0.25) is 6.79 Å². The van der Waals surface area contributed by atoms with Crippen LogP contribution in [0.15, 0.2) is 66.2 Å². The van der Waals surface area contributed by atoms with Gasteiger partial charge < -0.3 is 19.3 Å². The van der Waals surface area contributed by atoms with Crippen LogP contribution in [0.4, 0.5) is 5.69 Å². The fourth-order valence-electron chi connectivity index (χ4n) is 4.85. The van der Waals surface area contributed by atoms with Crippen LogP contribution in [0.1, 0.15) is 56.0 Å². The summed E-state index contributed by atoms with van der Waals surface area (Å²) in [5.74, 6) is 0.0498. The van der Waals surface area contributed by atoms with E-state index >= 15 is 0 Å². The summed E-state index contributed by atoms with van der Waals surface area (Å²) < 4.78 is 16.5. The second-order valence-electron chi connectivity index (χ2n) is 10.5. The van der Waals surface area contributed by atoms with Crippen LogP contribution in [0.5, 0.6) is 17.2 Å². The van der Waals surface area contributed by atoms with Crippen LogP contribution in [0.2, 0.25) is 0 Å². The van der Waals surface area contributed by atoms with E-state index in [9.17, 15) is 14.7 Å². The van der Waals surface area contributed by atoms with Crippen molar-refractivity contribution in [3.05, 3.63) is 88.5 Å². The number of benzene rings is 3. The lowest BCUT2D eigenvalue weighted by atomic mass is 9.84. The molecule has 1 saturated heterocycles. The molecule has 3 aromatic rings. The molecule has 3 aromatic carbocycles. The van der Waals surface area contributed by atoms with Crippen LogP contribution in [0.3, 0.4) is 0 Å². The number of carbonyl (C=O) groups is 2. The molecule has 0 spiro atoms. The molecule has 7 heteroatoms. The number of hydrogen-bond donors (Lipinski definition) is 1. The minimum Gasteiger partial charge on any atom is -0.507 e. The zero-order valence-corrected chi connectivity index (χ0v) is 22.2. The number of ether oxygens (including phenoxy) is 3. The van der Waals surface area contributed by atoms with Crippen molar-refractivity contribution in [1.29, 1.82) is 0 Å². The standard InChI is InChI=1S/C31H31NO6/c1-6-36-22-12-8-19(9-13-22)27-26(28(33)23-15-20(31(3,4)5)10-7-18(23)2)29(34)30(35)32(27)21-11-14-24-25(16-21)38-17-37-24/h7-16,27,33H,6,17H2,1-5H3/b28-26+. The Hall–Kier alpha value is -4.26. The van der Waals surface area contributed by atoms with Crippen molar-refractivity contribution >= 4 is 23.1 Å². The van der Waals surface area contributed by atoms with Gasteiger partial charge in [0.1, 0.15) is 11.5 Å². The van der Waals surface area contributed by atoms with Crippen LogP contribution in [0, 0.1) is 6.92 Å². The number of aliphatic hydroxyl groups is 1. The van der Waals surface area contributed by atoms with Gasteiger partial charge in [-0.3, -0.25) is 14.5 Å². The number of nitrogens with zero attached hydrogens (tertiary/aromatic N) is 1. The van der Waals surface area contributed by atoms with Crippen LogP contribution < -0.4 is 19.1 Å². The second kappa shape index (κ2) is 9.56. The summed E-state index contributed by atoms with van der Waals surface area (Å²) in [6, 6.07) is 17.3. The normalized spacial score (nSPS) is 18.2. The molecule has 2 heterocycles. The third kappa shape index (κ3) is 4.38. The highest BCUT2D eigenvalue weighted by atomic mass is 16.7. The number of hydrogen-bond acceptors (Lipinski definition) is 6. The smallest absolute Gasteiger partial charge is 0.300 e. The fraction of sp³-hybridized carbons (Fsp3) is 0.290. The Morgan fingerprint density at radius 3 is 2.39 bits per heavy atom. The molecule has 5 rings (SSSR count). The largest absolute Gasteiger partial charge is 0.507 e. The van der Waals surface area contributed by atoms with E-state index in [0.29, 0.717) is 40.7 Å². The van der Waals surface area contributed by atoms with Crippen LogP contribution in [-0.4, -0.2) is 30.2 Å². The van der Waals surface area contributed by atoms with Gasteiger partial charge in [-0.2, -0.15) is 0 Å². The molecule has 0 bridgehead atoms. The van der Waals surface area contributed by atoms with Gasteiger partial charge in [0, 0.05) is 17.3 Å². The molecule has 0 saturated carbocycles. The summed E-state index contributed by atoms with van der Waals surface area (Å²) in [7, 11) is 0. The summed E-state index contributed by atoms with van der Waals surface area (Å²) in [6.45, 7) is 10.6. The molecule has 1 fully saturated rings. The van der Waals surface area contributed by atoms with Crippen LogP contribution in [0.25, 0.3) is 5.76 Å². The number of amides is 1. The van der Waals surface area contributed by atoms with Crippen LogP contribution >= 0.6 is 0 Å². The first-order chi connectivity index (χ1) is 18.1. The SMILES string of the molecule is CCOc1ccc(C2/C(=C(\O)c3cc(C(C)(C)C)ccc3C)C(=O)C(=O)N2c2ccc3c(c2)OCO3)cc1. The number of carbonyl (C=O) groups excluding carboxylic acids is 2. The van der Waals surface area contributed by atoms with Crippen molar-refractivity contribution in [2.45, 2.75) is 46.1 Å². The molecule has 196 valence electrons. The monoisotopic (exact) mass is 513 g/mol. The number of anilines is 1. The highest BCUT2D eigenvalue weighted by Crippen LogP contribution is 2.45. The van der Waals surface area contributed by atoms with Gasteiger partial charge in [-0.25, -0.2) is 0 Å². The second-order valence-corrected chi connectivity index (χ2v) is 10.5. The van der Waals surface area contributed by atoms with Crippen molar-refractivity contribution in [3.8, 4) is 17.2 Å². The average molecular weight is 514 g/mol. The van der Waals surface area contributed by atoms with Crippen molar-refractivity contribution < 1.29 is 28.9 Å². The van der Waals surface area contributed by atoms with E-state index in [1.807, 2.05) is 44.2 Å². The Morgan fingerprint density at radius 1 is 1.00 bits per heavy atom. The first kappa shape index (κ1) is 25.4. The molecular weight excluding hydrogens is 482 g/mol. The predicted molar refractivity (Wildman–Crippen MR) is 145 cm³/mol. The minimum atomic E-state index is -0.858. The molecule has 7 nitrogen and oxygen atoms in total. The lowest BCUT2D eigenvalue weighted by Gasteiger charge is -2.26. The number of ketones is 1. The molecule has 38 heavy (non-hydrogen) atoms. The van der Waals surface area contributed by atoms with Gasteiger partial charge in [-0.1, -0.05) is 45.0 Å². The highest BCUT2D eigenvalue weighted by molar-refractivity contribution is 6.51. The summed E-state index contributed by atoms with van der Waals surface area (Å²) in [5.41, 5.74) is 3.33. The third-order valence-corrected chi connectivity index (χ3v) is 6.94. The first-order valence-corrected chi connectivity index (χ1v) is 12.6. The maximum atomic E-state index is 13.6. The lowest BCUT2D eigenvalue weighted by Crippen LogP contribution is -2.29. The Morgan fingerprint density at radius 2 is 1.71 bits per heavy atom. The summed E-state index contributed by atoms with van der Waals surface area (Å²) in [6.07, 6.45) is 0. The lowest BCUT2D eigenvalue weighted by molar-refractivity contribution is -0.132. The molecule has 1 atom stereocenters. The molecule has 2 aliphatic heterocycles. The predicted octanol–water partition coefficient (Wildman–Crippen LogP) is 6.05. The summed E-state index contributed by atoms with van der Waals surface area (Å²) in [5, 5.41) is 11.7. The van der Waals surface area contributed by atoms with Gasteiger partial charge in [-0.15, -0.1) is 0 Å². The molecule has 0 radical (unpaired) electrons. The topological polar surface area (TPSA) is 85.3 Å². The van der Waals surface area contributed by atoms with Crippen molar-refractivity contribution in [3.63, 3.8) is 0 Å². The van der Waals surface area contributed by atoms with Gasteiger partial charge in [0.25, 0.3) is 11.7 Å². The van der Waals surface area contributed by atoms with Gasteiger partial charge in [-0.05, 0) is 66.3 Å². The third-order valence-electron chi connectivity index (χ3n) is 6.94. The molecular formula is C31H31NO6. The summed E-state index contributed by atoms with van der Waals surface area (Å²) in [4.78, 5) is 28.6. The van der Waals surface area contributed by atoms with E-state index in [2.05, 4.69) is 20.8 Å². The molecule has 1 amide bonds. The van der Waals surface area contributed by atoms with Crippen LogP contribution in [-0.2, 0) is 15.0 Å². The zero-order valence-electron chi connectivity index (χ0n) is 22.2. The number of aryl methyl sites for hydroxylation is 1. The van der Waals surface area contributed by atoms with Gasteiger partial charge in [0.05, 0.1) is 18.2 Å². The van der Waals surface area contributed by atoms with Crippen molar-refractivity contribution in [1.82, 2.24) is 0 Å². The number of Topliss-reactive ketones (excluding diaryl/α,β-unsaturated/α-hetero) is 1. The Labute approximate surface area is 222 Å². The minimum absolute atomic E-state index is 0.0333. The quantitative estimate of drug-likeness (QED) is 0.254. The molecule has 1 N–H and O–H groups in total. The molecule has 0 aromatic heterocycles. The number of aliphatic hydroxyl groups excluding tert-OH is 1. The Bertz CT molecular complexity index is 1450. The van der Waals surface area contributed by atoms with E-state index in [0.717, 1.165) is 11.1 Å². The molecule has 2 aliphatic rings. The van der Waals surface area contributed by atoms with Gasteiger partial charge >= 0.3 is 0 Å².